The zero-order chi connectivity index (χ0) is 24.3. The molecule has 1 atom stereocenters. The van der Waals surface area contributed by atoms with Gasteiger partial charge in [0.2, 0.25) is 0 Å². The van der Waals surface area contributed by atoms with E-state index in [9.17, 15) is 13.2 Å². The number of rotatable bonds is 7. The van der Waals surface area contributed by atoms with Gasteiger partial charge >= 0.3 is 0 Å². The molecule has 0 spiro atoms. The van der Waals surface area contributed by atoms with Gasteiger partial charge in [-0.3, -0.25) is 9.10 Å². The molecular weight excluding hydrogens is 476 g/mol. The van der Waals surface area contributed by atoms with Crippen LogP contribution in [0.1, 0.15) is 11.1 Å². The van der Waals surface area contributed by atoms with Crippen LogP contribution in [0.15, 0.2) is 71.6 Å². The van der Waals surface area contributed by atoms with E-state index in [1.807, 2.05) is 26.0 Å². The van der Waals surface area contributed by atoms with Gasteiger partial charge in [0.25, 0.3) is 15.9 Å². The van der Waals surface area contributed by atoms with Gasteiger partial charge in [0, 0.05) is 5.02 Å². The van der Waals surface area contributed by atoms with Crippen molar-refractivity contribution in [1.29, 1.82) is 0 Å². The maximum Gasteiger partial charge on any atom is 0.264 e. The molecule has 0 saturated heterocycles. The highest BCUT2D eigenvalue weighted by Crippen LogP contribution is 2.37. The molecule has 178 valence electrons. The Bertz CT molecular complexity index is 1300. The topological polar surface area (TPSA) is 84.9 Å². The standard InChI is InChI=1S/C25H25ClN2O5S/c1-17-8-11-22-23(14-17)33-24(16-28(22)34(30,31)20-6-4-3-5-7-20)25(29)27-12-13-32-19-10-9-18(2)21(26)15-19/h3-11,14-15,24H,12-13,16H2,1-2H3,(H,27,29)/t24-/m0/s1. The minimum atomic E-state index is -3.89. The molecule has 0 aliphatic carbocycles. The summed E-state index contributed by atoms with van der Waals surface area (Å²) in [5.74, 6) is 0.519. The number of carbonyl (C=O) groups is 1. The third-order valence-electron chi connectivity index (χ3n) is 5.42. The monoisotopic (exact) mass is 500 g/mol. The fourth-order valence-corrected chi connectivity index (χ4v) is 5.23. The second-order valence-electron chi connectivity index (χ2n) is 7.98. The van der Waals surface area contributed by atoms with Crippen molar-refractivity contribution in [2.24, 2.45) is 0 Å². The molecule has 0 radical (unpaired) electrons. The molecule has 1 aliphatic rings. The summed E-state index contributed by atoms with van der Waals surface area (Å²) in [4.78, 5) is 13.0. The fraction of sp³-hybridized carbons (Fsp3) is 0.240. The van der Waals surface area contributed by atoms with Crippen molar-refractivity contribution in [1.82, 2.24) is 5.32 Å². The van der Waals surface area contributed by atoms with Crippen LogP contribution in [0.25, 0.3) is 0 Å². The van der Waals surface area contributed by atoms with Gasteiger partial charge in [-0.25, -0.2) is 8.42 Å². The summed E-state index contributed by atoms with van der Waals surface area (Å²) in [7, 11) is -3.89. The first-order valence-electron chi connectivity index (χ1n) is 10.8. The molecule has 0 bridgehead atoms. The normalized spacial score (nSPS) is 15.3. The van der Waals surface area contributed by atoms with Crippen LogP contribution in [0.4, 0.5) is 5.69 Å². The molecular formula is C25H25ClN2O5S. The Morgan fingerprint density at radius 3 is 2.62 bits per heavy atom. The minimum absolute atomic E-state index is 0.145. The van der Waals surface area contributed by atoms with Crippen LogP contribution in [0, 0.1) is 13.8 Å². The number of ether oxygens (including phenoxy) is 2. The summed E-state index contributed by atoms with van der Waals surface area (Å²) in [6, 6.07) is 18.7. The summed E-state index contributed by atoms with van der Waals surface area (Å²) < 4.78 is 39.5. The number of nitrogens with one attached hydrogen (secondary N) is 1. The Labute approximate surface area is 204 Å². The molecule has 3 aromatic carbocycles. The van der Waals surface area contributed by atoms with Crippen molar-refractivity contribution in [3.8, 4) is 11.5 Å². The summed E-state index contributed by atoms with van der Waals surface area (Å²) in [6.07, 6.45) is -1.01. The number of amides is 1. The molecule has 1 N–H and O–H groups in total. The molecule has 1 aliphatic heterocycles. The maximum atomic E-state index is 13.4. The quantitative estimate of drug-likeness (QED) is 0.493. The number of fused-ring (bicyclic) bond motifs is 1. The van der Waals surface area contributed by atoms with Crippen LogP contribution < -0.4 is 19.1 Å². The van der Waals surface area contributed by atoms with E-state index in [1.165, 1.54) is 16.4 Å². The van der Waals surface area contributed by atoms with Gasteiger partial charge in [-0.15, -0.1) is 0 Å². The third-order valence-corrected chi connectivity index (χ3v) is 7.62. The van der Waals surface area contributed by atoms with Gasteiger partial charge in [0.05, 0.1) is 23.7 Å². The first kappa shape index (κ1) is 23.9. The molecule has 0 saturated carbocycles. The van der Waals surface area contributed by atoms with E-state index in [1.54, 1.807) is 42.5 Å². The predicted molar refractivity (Wildman–Crippen MR) is 131 cm³/mol. The van der Waals surface area contributed by atoms with Crippen LogP contribution >= 0.6 is 11.6 Å². The zero-order valence-electron chi connectivity index (χ0n) is 18.8. The average molecular weight is 501 g/mol. The Morgan fingerprint density at radius 2 is 1.88 bits per heavy atom. The summed E-state index contributed by atoms with van der Waals surface area (Å²) in [6.45, 7) is 4.07. The maximum absolute atomic E-state index is 13.4. The molecule has 0 aromatic heterocycles. The number of nitrogens with zero attached hydrogens (tertiary/aromatic N) is 1. The first-order chi connectivity index (χ1) is 16.3. The van der Waals surface area contributed by atoms with E-state index in [2.05, 4.69) is 5.32 Å². The van der Waals surface area contributed by atoms with Gasteiger partial charge in [-0.05, 0) is 61.4 Å². The Balaban J connectivity index is 1.47. The third kappa shape index (κ3) is 5.13. The smallest absolute Gasteiger partial charge is 0.264 e. The summed E-state index contributed by atoms with van der Waals surface area (Å²) >= 11 is 6.11. The van der Waals surface area contributed by atoms with Crippen LogP contribution in [0.3, 0.4) is 0 Å². The summed E-state index contributed by atoms with van der Waals surface area (Å²) in [5, 5.41) is 3.37. The lowest BCUT2D eigenvalue weighted by molar-refractivity contribution is -0.127. The molecule has 1 heterocycles. The van der Waals surface area contributed by atoms with Gasteiger partial charge in [0.15, 0.2) is 6.10 Å². The van der Waals surface area contributed by atoms with E-state index in [4.69, 9.17) is 21.1 Å². The van der Waals surface area contributed by atoms with Gasteiger partial charge in [0.1, 0.15) is 18.1 Å². The zero-order valence-corrected chi connectivity index (χ0v) is 20.4. The Hall–Kier alpha value is -3.23. The molecule has 0 fully saturated rings. The number of anilines is 1. The number of halogens is 1. The second-order valence-corrected chi connectivity index (χ2v) is 10.2. The van der Waals surface area contributed by atoms with Crippen molar-refractivity contribution in [2.45, 2.75) is 24.8 Å². The largest absolute Gasteiger partial charge is 0.492 e. The molecule has 9 heteroatoms. The van der Waals surface area contributed by atoms with E-state index in [-0.39, 0.29) is 24.6 Å². The fourth-order valence-electron chi connectivity index (χ4n) is 3.57. The lowest BCUT2D eigenvalue weighted by atomic mass is 10.1. The number of carbonyl (C=O) groups excluding carboxylic acids is 1. The predicted octanol–water partition coefficient (Wildman–Crippen LogP) is 4.11. The van der Waals surface area contributed by atoms with E-state index in [0.29, 0.717) is 22.2 Å². The highest BCUT2D eigenvalue weighted by molar-refractivity contribution is 7.92. The van der Waals surface area contributed by atoms with E-state index < -0.39 is 22.0 Å². The van der Waals surface area contributed by atoms with E-state index in [0.717, 1.165) is 11.1 Å². The second kappa shape index (κ2) is 9.95. The highest BCUT2D eigenvalue weighted by Gasteiger charge is 2.37. The number of benzene rings is 3. The number of hydrogen-bond acceptors (Lipinski definition) is 5. The first-order valence-corrected chi connectivity index (χ1v) is 12.6. The highest BCUT2D eigenvalue weighted by atomic mass is 35.5. The Kier molecular flexibility index (Phi) is 7.00. The minimum Gasteiger partial charge on any atom is -0.492 e. The number of hydrogen-bond donors (Lipinski definition) is 1. The lowest BCUT2D eigenvalue weighted by Gasteiger charge is -2.35. The molecule has 7 nitrogen and oxygen atoms in total. The van der Waals surface area contributed by atoms with Crippen molar-refractivity contribution in [2.75, 3.05) is 24.0 Å². The van der Waals surface area contributed by atoms with Gasteiger partial charge in [-0.2, -0.15) is 0 Å². The molecule has 0 unspecified atom stereocenters. The van der Waals surface area contributed by atoms with Crippen LogP contribution in [0.2, 0.25) is 5.02 Å². The Morgan fingerprint density at radius 1 is 1.12 bits per heavy atom. The van der Waals surface area contributed by atoms with Crippen LogP contribution in [-0.4, -0.2) is 40.1 Å². The summed E-state index contributed by atoms with van der Waals surface area (Å²) in [5.41, 5.74) is 2.24. The SMILES string of the molecule is Cc1ccc2c(c1)O[C@H](C(=O)NCCOc1ccc(C)c(Cl)c1)CN2S(=O)(=O)c1ccccc1. The van der Waals surface area contributed by atoms with Crippen LogP contribution in [-0.2, 0) is 14.8 Å². The molecule has 1 amide bonds. The average Bonchev–Trinajstić information content (AvgIpc) is 2.83. The van der Waals surface area contributed by atoms with Crippen molar-refractivity contribution < 1.29 is 22.7 Å². The van der Waals surface area contributed by atoms with E-state index >= 15 is 0 Å². The number of sulfonamides is 1. The van der Waals surface area contributed by atoms with Gasteiger partial charge in [-0.1, -0.05) is 41.9 Å². The van der Waals surface area contributed by atoms with Crippen molar-refractivity contribution >= 4 is 33.2 Å². The van der Waals surface area contributed by atoms with Crippen molar-refractivity contribution in [3.63, 3.8) is 0 Å². The van der Waals surface area contributed by atoms with Crippen LogP contribution in [0.5, 0.6) is 11.5 Å². The molecule has 34 heavy (non-hydrogen) atoms. The lowest BCUT2D eigenvalue weighted by Crippen LogP contribution is -2.51. The van der Waals surface area contributed by atoms with Gasteiger partial charge < -0.3 is 14.8 Å². The van der Waals surface area contributed by atoms with Crippen molar-refractivity contribution in [3.05, 3.63) is 82.9 Å². The molecule has 4 rings (SSSR count). The molecule has 3 aromatic rings. The number of aryl methyl sites for hydroxylation is 2.